The first kappa shape index (κ1) is 12.7. The Hall–Kier alpha value is -1.78. The van der Waals surface area contributed by atoms with Gasteiger partial charge < -0.3 is 15.6 Å². The summed E-state index contributed by atoms with van der Waals surface area (Å²) in [5.74, 6) is 0.211. The minimum absolute atomic E-state index is 0.0112. The van der Waals surface area contributed by atoms with Gasteiger partial charge in [-0.05, 0) is 17.9 Å². The number of nitrogens with two attached hydrogens (primary N) is 1. The van der Waals surface area contributed by atoms with Crippen LogP contribution in [-0.2, 0) is 13.0 Å². The van der Waals surface area contributed by atoms with Gasteiger partial charge in [-0.25, -0.2) is 4.79 Å². The minimum Gasteiger partial charge on any atom is -0.352 e. The number of carbonyl (C=O) groups is 2. The molecule has 1 aliphatic rings. The second-order valence-corrected chi connectivity index (χ2v) is 5.60. The molecule has 0 fully saturated rings. The van der Waals surface area contributed by atoms with Gasteiger partial charge in [-0.3, -0.25) is 4.79 Å². The molecule has 0 saturated carbocycles. The van der Waals surface area contributed by atoms with E-state index in [9.17, 15) is 9.59 Å². The number of primary amides is 1. The quantitative estimate of drug-likeness (QED) is 0.847. The van der Waals surface area contributed by atoms with E-state index in [1.165, 1.54) is 0 Å². The number of hydrogen-bond donors (Lipinski definition) is 2. The van der Waals surface area contributed by atoms with Gasteiger partial charge in [-0.2, -0.15) is 0 Å². The topological polar surface area (TPSA) is 77.1 Å². The molecular weight excluding hydrogens is 230 g/mol. The first-order chi connectivity index (χ1) is 8.39. The van der Waals surface area contributed by atoms with Gasteiger partial charge in [-0.1, -0.05) is 13.8 Å². The molecule has 18 heavy (non-hydrogen) atoms. The maximum atomic E-state index is 12.0. The molecule has 0 aliphatic heterocycles. The van der Waals surface area contributed by atoms with Crippen molar-refractivity contribution in [2.75, 3.05) is 6.54 Å². The molecule has 1 aromatic heterocycles. The highest BCUT2D eigenvalue weighted by Crippen LogP contribution is 2.35. The molecule has 1 aliphatic carbocycles. The van der Waals surface area contributed by atoms with Crippen LogP contribution in [0.3, 0.4) is 0 Å². The first-order valence-corrected chi connectivity index (χ1v) is 6.13. The van der Waals surface area contributed by atoms with Crippen molar-refractivity contribution in [3.05, 3.63) is 23.5 Å². The minimum atomic E-state index is -0.521. The summed E-state index contributed by atoms with van der Waals surface area (Å²) in [6.07, 6.45) is 3.40. The Kier molecular flexibility index (Phi) is 3.15. The molecule has 0 atom stereocenters. The van der Waals surface area contributed by atoms with Crippen molar-refractivity contribution >= 4 is 11.8 Å². The number of hydrogen-bond acceptors (Lipinski definition) is 2. The van der Waals surface area contributed by atoms with E-state index < -0.39 is 6.03 Å². The maximum Gasteiger partial charge on any atom is 0.312 e. The number of aromatic nitrogens is 1. The second-order valence-electron chi connectivity index (χ2n) is 5.60. The molecular formula is C13H19N3O2. The summed E-state index contributed by atoms with van der Waals surface area (Å²) in [4.78, 5) is 22.6. The fourth-order valence-electron chi connectivity index (χ4n) is 2.51. The number of carbonyl (C=O) groups excluding carboxylic acids is 2. The van der Waals surface area contributed by atoms with Gasteiger partial charge in [0.15, 0.2) is 5.78 Å². The predicted molar refractivity (Wildman–Crippen MR) is 68.5 cm³/mol. The number of rotatable bonds is 3. The van der Waals surface area contributed by atoms with Crippen molar-refractivity contribution in [3.63, 3.8) is 0 Å². The van der Waals surface area contributed by atoms with Gasteiger partial charge in [0.05, 0.1) is 0 Å². The summed E-state index contributed by atoms with van der Waals surface area (Å²) in [5.41, 5.74) is 6.93. The van der Waals surface area contributed by atoms with Crippen LogP contribution < -0.4 is 11.1 Å². The lowest BCUT2D eigenvalue weighted by Crippen LogP contribution is -2.33. The summed E-state index contributed by atoms with van der Waals surface area (Å²) in [6.45, 7) is 5.33. The van der Waals surface area contributed by atoms with Gasteiger partial charge in [0.25, 0.3) is 0 Å². The Morgan fingerprint density at radius 2 is 2.22 bits per heavy atom. The molecule has 98 valence electrons. The first-order valence-electron chi connectivity index (χ1n) is 6.13. The lowest BCUT2D eigenvalue weighted by Gasteiger charge is -2.29. The average Bonchev–Trinajstić information content (AvgIpc) is 2.59. The van der Waals surface area contributed by atoms with Crippen LogP contribution >= 0.6 is 0 Å². The lowest BCUT2D eigenvalue weighted by molar-refractivity contribution is 0.0910. The third-order valence-corrected chi connectivity index (χ3v) is 3.32. The monoisotopic (exact) mass is 249 g/mol. The Bertz CT molecular complexity index is 488. The van der Waals surface area contributed by atoms with Gasteiger partial charge >= 0.3 is 6.03 Å². The summed E-state index contributed by atoms with van der Waals surface area (Å²) in [7, 11) is 0. The molecule has 0 saturated heterocycles. The van der Waals surface area contributed by atoms with Crippen LogP contribution in [-0.4, -0.2) is 22.9 Å². The Labute approximate surface area is 106 Å². The largest absolute Gasteiger partial charge is 0.352 e. The van der Waals surface area contributed by atoms with Gasteiger partial charge in [-0.15, -0.1) is 0 Å². The molecule has 3 N–H and O–H groups in total. The smallest absolute Gasteiger partial charge is 0.312 e. The highest BCUT2D eigenvalue weighted by atomic mass is 16.2. The van der Waals surface area contributed by atoms with Crippen LogP contribution in [0.5, 0.6) is 0 Å². The van der Waals surface area contributed by atoms with Crippen LogP contribution in [0.15, 0.2) is 12.3 Å². The van der Waals surface area contributed by atoms with Gasteiger partial charge in [0.2, 0.25) is 0 Å². The van der Waals surface area contributed by atoms with Crippen molar-refractivity contribution in [1.29, 1.82) is 0 Å². The number of Topliss-reactive ketones (excluding diaryl/α,β-unsaturated/α-hetero) is 1. The Balaban J connectivity index is 2.15. The summed E-state index contributed by atoms with van der Waals surface area (Å²) < 4.78 is 2.03. The van der Waals surface area contributed by atoms with Crippen LogP contribution in [0, 0.1) is 5.41 Å². The fraction of sp³-hybridized carbons (Fsp3) is 0.538. The van der Waals surface area contributed by atoms with Crippen LogP contribution in [0.25, 0.3) is 0 Å². The van der Waals surface area contributed by atoms with E-state index >= 15 is 0 Å². The summed E-state index contributed by atoms with van der Waals surface area (Å²) >= 11 is 0. The molecule has 5 nitrogen and oxygen atoms in total. The molecule has 5 heteroatoms. The van der Waals surface area contributed by atoms with Crippen LogP contribution in [0.4, 0.5) is 4.79 Å². The molecule has 1 heterocycles. The molecule has 0 unspecified atom stereocenters. The molecule has 0 radical (unpaired) electrons. The number of nitrogens with zero attached hydrogens (tertiary/aromatic N) is 1. The number of nitrogens with one attached hydrogen (secondary N) is 1. The maximum absolute atomic E-state index is 12.0. The SMILES string of the molecule is CC1(C)CC(=O)c2ccn(CCNC(N)=O)c2C1. The fourth-order valence-corrected chi connectivity index (χ4v) is 2.51. The number of urea groups is 1. The second kappa shape index (κ2) is 4.48. The van der Waals surface area contributed by atoms with Crippen molar-refractivity contribution in [2.24, 2.45) is 11.1 Å². The normalized spacial score (nSPS) is 17.3. The zero-order chi connectivity index (χ0) is 13.3. The van der Waals surface area contributed by atoms with Crippen LogP contribution in [0.2, 0.25) is 0 Å². The molecule has 2 amide bonds. The third-order valence-electron chi connectivity index (χ3n) is 3.32. The summed E-state index contributed by atoms with van der Waals surface area (Å²) in [5, 5.41) is 2.56. The van der Waals surface area contributed by atoms with E-state index in [4.69, 9.17) is 5.73 Å². The number of amides is 2. The van der Waals surface area contributed by atoms with Crippen molar-refractivity contribution in [3.8, 4) is 0 Å². The lowest BCUT2D eigenvalue weighted by atomic mass is 9.76. The molecule has 1 aromatic rings. The van der Waals surface area contributed by atoms with E-state index in [1.54, 1.807) is 0 Å². The molecule has 0 bridgehead atoms. The molecule has 0 aromatic carbocycles. The van der Waals surface area contributed by atoms with Gasteiger partial charge in [0, 0.05) is 37.0 Å². The highest BCUT2D eigenvalue weighted by Gasteiger charge is 2.32. The average molecular weight is 249 g/mol. The molecule has 0 spiro atoms. The van der Waals surface area contributed by atoms with Gasteiger partial charge in [0.1, 0.15) is 0 Å². The zero-order valence-corrected chi connectivity index (χ0v) is 10.8. The van der Waals surface area contributed by atoms with E-state index in [0.717, 1.165) is 17.7 Å². The molecule has 2 rings (SSSR count). The predicted octanol–water partition coefficient (Wildman–Crippen LogP) is 1.31. The van der Waals surface area contributed by atoms with E-state index in [-0.39, 0.29) is 11.2 Å². The van der Waals surface area contributed by atoms with E-state index in [0.29, 0.717) is 19.5 Å². The standard InChI is InChI=1S/C13H19N3O2/c1-13(2)7-10-9(11(17)8-13)3-5-16(10)6-4-15-12(14)18/h3,5H,4,6-8H2,1-2H3,(H3,14,15,18). The number of ketones is 1. The Morgan fingerprint density at radius 3 is 2.89 bits per heavy atom. The zero-order valence-electron chi connectivity index (χ0n) is 10.8. The van der Waals surface area contributed by atoms with E-state index in [1.807, 2.05) is 16.8 Å². The van der Waals surface area contributed by atoms with E-state index in [2.05, 4.69) is 19.2 Å². The summed E-state index contributed by atoms with van der Waals surface area (Å²) in [6, 6.07) is 1.35. The van der Waals surface area contributed by atoms with Crippen molar-refractivity contribution in [2.45, 2.75) is 33.2 Å². The Morgan fingerprint density at radius 1 is 1.50 bits per heavy atom. The van der Waals surface area contributed by atoms with Crippen LogP contribution in [0.1, 0.15) is 36.3 Å². The highest BCUT2D eigenvalue weighted by molar-refractivity contribution is 5.98. The third kappa shape index (κ3) is 2.55. The van der Waals surface area contributed by atoms with Crippen molar-refractivity contribution in [1.82, 2.24) is 9.88 Å². The van der Waals surface area contributed by atoms with Crippen molar-refractivity contribution < 1.29 is 9.59 Å². The number of fused-ring (bicyclic) bond motifs is 1.